The fourth-order valence-corrected chi connectivity index (χ4v) is 2.38. The second-order valence-corrected chi connectivity index (χ2v) is 4.19. The number of thiophene rings is 1. The lowest BCUT2D eigenvalue weighted by Crippen LogP contribution is -2.13. The van der Waals surface area contributed by atoms with E-state index >= 15 is 0 Å². The summed E-state index contributed by atoms with van der Waals surface area (Å²) in [6.07, 6.45) is 1.79. The largest absolute Gasteiger partial charge is 0.364 e. The van der Waals surface area contributed by atoms with Gasteiger partial charge in [0, 0.05) is 21.7 Å². The highest BCUT2D eigenvalue weighted by molar-refractivity contribution is 7.10. The van der Waals surface area contributed by atoms with Crippen LogP contribution in [0.15, 0.2) is 35.8 Å². The van der Waals surface area contributed by atoms with E-state index in [1.165, 1.54) is 0 Å². The minimum Gasteiger partial charge on any atom is -0.364 e. The van der Waals surface area contributed by atoms with Gasteiger partial charge in [-0.05, 0) is 23.6 Å². The molecule has 0 aliphatic heterocycles. The van der Waals surface area contributed by atoms with Gasteiger partial charge in [0.15, 0.2) is 0 Å². The highest BCUT2D eigenvalue weighted by Crippen LogP contribution is 2.27. The van der Waals surface area contributed by atoms with Crippen LogP contribution in [0, 0.1) is 10.1 Å². The van der Waals surface area contributed by atoms with Crippen molar-refractivity contribution in [1.82, 2.24) is 4.98 Å². The summed E-state index contributed by atoms with van der Waals surface area (Å²) in [6, 6.07) is 7.58. The zero-order chi connectivity index (χ0) is 10.7. The minimum absolute atomic E-state index is 0.0684. The Morgan fingerprint density at radius 3 is 2.87 bits per heavy atom. The fraction of sp³-hybridized carbons (Fsp3) is 0.200. The summed E-state index contributed by atoms with van der Waals surface area (Å²) >= 11 is 1.55. The Morgan fingerprint density at radius 1 is 1.47 bits per heavy atom. The van der Waals surface area contributed by atoms with Crippen molar-refractivity contribution in [2.24, 2.45) is 0 Å². The standard InChI is InChI=1S/C10H10N2O2S/c13-12(14)7-8(9-3-1-5-11-9)10-4-2-6-15-10/h1-6,8,11H,7H2. The van der Waals surface area contributed by atoms with Crippen molar-refractivity contribution in [3.05, 3.63) is 56.5 Å². The number of hydrogen-bond donors (Lipinski definition) is 1. The summed E-state index contributed by atoms with van der Waals surface area (Å²) in [4.78, 5) is 14.4. The van der Waals surface area contributed by atoms with Crippen LogP contribution in [0.4, 0.5) is 0 Å². The molecular formula is C10H10N2O2S. The third-order valence-electron chi connectivity index (χ3n) is 2.22. The predicted octanol–water partition coefficient (Wildman–Crippen LogP) is 2.48. The molecule has 0 bridgehead atoms. The Morgan fingerprint density at radius 2 is 2.33 bits per heavy atom. The van der Waals surface area contributed by atoms with E-state index in [1.807, 2.05) is 29.6 Å². The monoisotopic (exact) mass is 222 g/mol. The predicted molar refractivity (Wildman–Crippen MR) is 58.8 cm³/mol. The summed E-state index contributed by atoms with van der Waals surface area (Å²) in [5.74, 6) is -0.157. The summed E-state index contributed by atoms with van der Waals surface area (Å²) in [5.41, 5.74) is 0.897. The maximum absolute atomic E-state index is 10.6. The number of aromatic nitrogens is 1. The molecule has 2 aromatic rings. The van der Waals surface area contributed by atoms with E-state index < -0.39 is 0 Å². The smallest absolute Gasteiger partial charge is 0.216 e. The topological polar surface area (TPSA) is 58.9 Å². The average Bonchev–Trinajstić information content (AvgIpc) is 2.87. The zero-order valence-corrected chi connectivity index (χ0v) is 8.74. The van der Waals surface area contributed by atoms with Crippen molar-refractivity contribution < 1.29 is 4.92 Å². The van der Waals surface area contributed by atoms with Gasteiger partial charge in [0.05, 0.1) is 5.92 Å². The van der Waals surface area contributed by atoms with Crippen LogP contribution in [-0.2, 0) is 0 Å². The molecule has 2 rings (SSSR count). The molecule has 0 aromatic carbocycles. The van der Waals surface area contributed by atoms with E-state index in [4.69, 9.17) is 0 Å². The summed E-state index contributed by atoms with van der Waals surface area (Å²) in [7, 11) is 0. The molecule has 0 saturated carbocycles. The Bertz CT molecular complexity index is 388. The first-order valence-electron chi connectivity index (χ1n) is 4.56. The van der Waals surface area contributed by atoms with Crippen LogP contribution in [0.2, 0.25) is 0 Å². The van der Waals surface area contributed by atoms with Gasteiger partial charge in [-0.3, -0.25) is 10.1 Å². The number of H-pyrrole nitrogens is 1. The van der Waals surface area contributed by atoms with Gasteiger partial charge in [-0.2, -0.15) is 0 Å². The van der Waals surface area contributed by atoms with Gasteiger partial charge in [0.1, 0.15) is 0 Å². The Balaban J connectivity index is 2.29. The third-order valence-corrected chi connectivity index (χ3v) is 3.20. The summed E-state index contributed by atoms with van der Waals surface area (Å²) in [6.45, 7) is -0.0684. The molecular weight excluding hydrogens is 212 g/mol. The van der Waals surface area contributed by atoms with E-state index in [0.29, 0.717) is 0 Å². The van der Waals surface area contributed by atoms with Gasteiger partial charge in [-0.15, -0.1) is 11.3 Å². The maximum atomic E-state index is 10.6. The Kier molecular flexibility index (Phi) is 2.82. The SMILES string of the molecule is O=[N+]([O-])CC(c1ccc[nH]1)c1cccs1. The molecule has 0 saturated heterocycles. The molecule has 2 aromatic heterocycles. The van der Waals surface area contributed by atoms with Gasteiger partial charge in [-0.1, -0.05) is 6.07 Å². The normalized spacial score (nSPS) is 12.5. The molecule has 0 spiro atoms. The molecule has 1 unspecified atom stereocenters. The van der Waals surface area contributed by atoms with Crippen molar-refractivity contribution in [3.8, 4) is 0 Å². The van der Waals surface area contributed by atoms with Crippen molar-refractivity contribution >= 4 is 11.3 Å². The van der Waals surface area contributed by atoms with Crippen LogP contribution < -0.4 is 0 Å². The molecule has 0 aliphatic rings. The van der Waals surface area contributed by atoms with Gasteiger partial charge in [0.25, 0.3) is 0 Å². The van der Waals surface area contributed by atoms with Gasteiger partial charge < -0.3 is 4.98 Å². The van der Waals surface area contributed by atoms with Crippen LogP contribution in [0.5, 0.6) is 0 Å². The third kappa shape index (κ3) is 2.24. The quantitative estimate of drug-likeness (QED) is 0.638. The van der Waals surface area contributed by atoms with Crippen molar-refractivity contribution in [2.75, 3.05) is 6.54 Å². The second-order valence-electron chi connectivity index (χ2n) is 3.21. The lowest BCUT2D eigenvalue weighted by atomic mass is 10.0. The molecule has 4 nitrogen and oxygen atoms in total. The van der Waals surface area contributed by atoms with E-state index in [0.717, 1.165) is 10.6 Å². The first kappa shape index (κ1) is 9.92. The molecule has 2 heterocycles. The second kappa shape index (κ2) is 4.27. The lowest BCUT2D eigenvalue weighted by Gasteiger charge is -2.08. The molecule has 0 radical (unpaired) electrons. The Hall–Kier alpha value is -1.62. The van der Waals surface area contributed by atoms with Crippen LogP contribution in [-0.4, -0.2) is 16.5 Å². The molecule has 0 aliphatic carbocycles. The first-order chi connectivity index (χ1) is 7.27. The molecule has 5 heteroatoms. The van der Waals surface area contributed by atoms with E-state index in [1.54, 1.807) is 17.5 Å². The summed E-state index contributed by atoms with van der Waals surface area (Å²) < 4.78 is 0. The van der Waals surface area contributed by atoms with Crippen LogP contribution >= 0.6 is 11.3 Å². The van der Waals surface area contributed by atoms with E-state index in [9.17, 15) is 10.1 Å². The number of nitrogens with zero attached hydrogens (tertiary/aromatic N) is 1. The van der Waals surface area contributed by atoms with Gasteiger partial charge in [0.2, 0.25) is 6.54 Å². The fourth-order valence-electron chi connectivity index (χ4n) is 1.54. The first-order valence-corrected chi connectivity index (χ1v) is 5.44. The highest BCUT2D eigenvalue weighted by atomic mass is 32.1. The van der Waals surface area contributed by atoms with Gasteiger partial charge >= 0.3 is 0 Å². The number of nitrogens with one attached hydrogen (secondary N) is 1. The van der Waals surface area contributed by atoms with Crippen molar-refractivity contribution in [2.45, 2.75) is 5.92 Å². The van der Waals surface area contributed by atoms with Crippen molar-refractivity contribution in [3.63, 3.8) is 0 Å². The zero-order valence-electron chi connectivity index (χ0n) is 7.92. The molecule has 0 fully saturated rings. The summed E-state index contributed by atoms with van der Waals surface area (Å²) in [5, 5.41) is 12.5. The molecule has 1 N–H and O–H groups in total. The number of nitro groups is 1. The minimum atomic E-state index is -0.273. The van der Waals surface area contributed by atoms with E-state index in [2.05, 4.69) is 4.98 Å². The number of rotatable bonds is 4. The van der Waals surface area contributed by atoms with Crippen molar-refractivity contribution in [1.29, 1.82) is 0 Å². The van der Waals surface area contributed by atoms with Crippen LogP contribution in [0.1, 0.15) is 16.5 Å². The molecule has 1 atom stereocenters. The average molecular weight is 222 g/mol. The number of aromatic amines is 1. The molecule has 15 heavy (non-hydrogen) atoms. The number of hydrogen-bond acceptors (Lipinski definition) is 3. The maximum Gasteiger partial charge on any atom is 0.216 e. The van der Waals surface area contributed by atoms with Crippen LogP contribution in [0.3, 0.4) is 0 Å². The van der Waals surface area contributed by atoms with E-state index in [-0.39, 0.29) is 17.4 Å². The Labute approximate surface area is 90.7 Å². The molecule has 0 amide bonds. The molecule has 78 valence electrons. The van der Waals surface area contributed by atoms with Crippen LogP contribution in [0.25, 0.3) is 0 Å². The lowest BCUT2D eigenvalue weighted by molar-refractivity contribution is -0.481. The van der Waals surface area contributed by atoms with Gasteiger partial charge in [-0.25, -0.2) is 0 Å². The highest BCUT2D eigenvalue weighted by Gasteiger charge is 2.21.